The molecule has 6 aromatic carbocycles. The number of hydrogen-bond donors (Lipinski definition) is 0. The summed E-state index contributed by atoms with van der Waals surface area (Å²) in [4.78, 5) is 9.74. The standard InChI is InChI=1S/C62H65N4O.Pt/c1-58(2,3)44-27-22-28-47(35-44)64-41-65(57(62(12,13)43-25-18-15-19-26-43)56(64)61(10,11)42-23-16-14-17-24-42)48-36-46(60(7,8)9)37-50(39-48)67-49-31-32-52-51-29-20-21-30-53(51)66(54(52)40-49)55-38-45(33-34-63-55)59(4,5)6;/h14-38,41H,1-13H3;/q-3;. The molecular weight excluding hydrogens is 1010 g/mol. The molecule has 9 rings (SSSR count). The summed E-state index contributed by atoms with van der Waals surface area (Å²) in [5.41, 5.74) is 11.3. The number of nitrogens with zero attached hydrogens (tertiary/aromatic N) is 4. The van der Waals surface area contributed by atoms with Crippen LogP contribution in [0.25, 0.3) is 27.6 Å². The molecule has 5 nitrogen and oxygen atoms in total. The van der Waals surface area contributed by atoms with Crippen molar-refractivity contribution in [3.63, 3.8) is 0 Å². The van der Waals surface area contributed by atoms with Crippen molar-refractivity contribution < 1.29 is 25.8 Å². The number of pyridine rings is 1. The maximum Gasteiger partial charge on any atom is 0.135 e. The molecule has 2 aromatic heterocycles. The van der Waals surface area contributed by atoms with Crippen molar-refractivity contribution in [3.8, 4) is 17.3 Å². The minimum atomic E-state index is -0.466. The maximum atomic E-state index is 7.01. The van der Waals surface area contributed by atoms with Gasteiger partial charge in [0.2, 0.25) is 0 Å². The second-order valence-electron chi connectivity index (χ2n) is 22.4. The van der Waals surface area contributed by atoms with Crippen LogP contribution < -0.4 is 14.5 Å². The van der Waals surface area contributed by atoms with Gasteiger partial charge in [-0.3, -0.25) is 0 Å². The van der Waals surface area contributed by atoms with Gasteiger partial charge in [-0.05, 0) is 74.2 Å². The molecule has 8 aromatic rings. The zero-order chi connectivity index (χ0) is 47.7. The Morgan fingerprint density at radius 3 is 1.65 bits per heavy atom. The third-order valence-electron chi connectivity index (χ3n) is 13.7. The van der Waals surface area contributed by atoms with E-state index in [-0.39, 0.29) is 37.3 Å². The van der Waals surface area contributed by atoms with Crippen molar-refractivity contribution in [2.24, 2.45) is 0 Å². The molecule has 0 bridgehead atoms. The fourth-order valence-corrected chi connectivity index (χ4v) is 9.58. The molecule has 68 heavy (non-hydrogen) atoms. The van der Waals surface area contributed by atoms with Gasteiger partial charge in [-0.1, -0.05) is 187 Å². The van der Waals surface area contributed by atoms with Gasteiger partial charge in [0.15, 0.2) is 0 Å². The average Bonchev–Trinajstić information content (AvgIpc) is 3.87. The second kappa shape index (κ2) is 17.9. The number of para-hydroxylation sites is 1. The number of fused-ring (bicyclic) bond motifs is 3. The number of anilines is 2. The summed E-state index contributed by atoms with van der Waals surface area (Å²) in [6, 6.07) is 59.9. The summed E-state index contributed by atoms with van der Waals surface area (Å²) in [6.07, 6.45) is 1.91. The van der Waals surface area contributed by atoms with E-state index in [1.54, 1.807) is 0 Å². The van der Waals surface area contributed by atoms with Gasteiger partial charge < -0.3 is 19.1 Å². The van der Waals surface area contributed by atoms with Crippen molar-refractivity contribution >= 4 is 33.2 Å². The molecule has 0 N–H and O–H groups in total. The Morgan fingerprint density at radius 2 is 1.03 bits per heavy atom. The number of allylic oxidation sites excluding steroid dienone is 2. The predicted molar refractivity (Wildman–Crippen MR) is 281 cm³/mol. The van der Waals surface area contributed by atoms with Crippen LogP contribution in [-0.4, -0.2) is 9.55 Å². The van der Waals surface area contributed by atoms with Crippen LogP contribution in [0.5, 0.6) is 11.5 Å². The molecule has 0 radical (unpaired) electrons. The third kappa shape index (κ3) is 9.07. The molecule has 0 unspecified atom stereocenters. The van der Waals surface area contributed by atoms with Crippen LogP contribution in [0.15, 0.2) is 163 Å². The van der Waals surface area contributed by atoms with Gasteiger partial charge in [-0.2, -0.15) is 6.07 Å². The molecule has 3 heterocycles. The topological polar surface area (TPSA) is 33.5 Å². The van der Waals surface area contributed by atoms with Crippen LogP contribution in [0, 0.1) is 18.8 Å². The van der Waals surface area contributed by atoms with Crippen LogP contribution >= 0.6 is 0 Å². The third-order valence-corrected chi connectivity index (χ3v) is 13.7. The molecule has 0 spiro atoms. The minimum absolute atomic E-state index is 0. The van der Waals surface area contributed by atoms with Gasteiger partial charge in [0.1, 0.15) is 5.82 Å². The number of benzene rings is 6. The van der Waals surface area contributed by atoms with Crippen LogP contribution in [0.1, 0.15) is 118 Å². The molecule has 1 aliphatic rings. The molecule has 0 saturated carbocycles. The molecule has 0 aliphatic carbocycles. The van der Waals surface area contributed by atoms with Crippen LogP contribution in [0.4, 0.5) is 11.4 Å². The van der Waals surface area contributed by atoms with Gasteiger partial charge >= 0.3 is 0 Å². The first-order valence-corrected chi connectivity index (χ1v) is 23.7. The predicted octanol–water partition coefficient (Wildman–Crippen LogP) is 16.1. The molecule has 0 fully saturated rings. The van der Waals surface area contributed by atoms with Crippen LogP contribution in [0.2, 0.25) is 0 Å². The summed E-state index contributed by atoms with van der Waals surface area (Å²) < 4.78 is 9.22. The molecular formula is C62H65N4OPt-3. The van der Waals surface area contributed by atoms with Gasteiger partial charge in [-0.15, -0.1) is 53.6 Å². The van der Waals surface area contributed by atoms with E-state index in [0.717, 1.165) is 44.6 Å². The second-order valence-corrected chi connectivity index (χ2v) is 22.4. The minimum Gasteiger partial charge on any atom is -0.509 e. The Bertz CT molecular complexity index is 3140. The Kier molecular flexibility index (Phi) is 12.8. The van der Waals surface area contributed by atoms with Crippen molar-refractivity contribution in [1.82, 2.24) is 9.55 Å². The average molecular weight is 1080 g/mol. The van der Waals surface area contributed by atoms with Crippen LogP contribution in [0.3, 0.4) is 0 Å². The van der Waals surface area contributed by atoms with E-state index in [9.17, 15) is 0 Å². The smallest absolute Gasteiger partial charge is 0.135 e. The zero-order valence-corrected chi connectivity index (χ0v) is 44.3. The first-order valence-electron chi connectivity index (χ1n) is 23.7. The van der Waals surface area contributed by atoms with E-state index in [1.165, 1.54) is 33.6 Å². The number of ether oxygens (including phenoxy) is 1. The summed E-state index contributed by atoms with van der Waals surface area (Å²) in [5, 5.41) is 2.23. The Balaban J connectivity index is 0.00000625. The Morgan fingerprint density at radius 1 is 0.471 bits per heavy atom. The molecule has 0 atom stereocenters. The fraction of sp³-hybridized carbons (Fsp3) is 0.290. The molecule has 1 aliphatic heterocycles. The largest absolute Gasteiger partial charge is 0.509 e. The first-order chi connectivity index (χ1) is 31.6. The molecule has 0 saturated heterocycles. The number of aromatic nitrogens is 2. The zero-order valence-electron chi connectivity index (χ0n) is 42.0. The normalized spacial score (nSPS) is 14.0. The van der Waals surface area contributed by atoms with Gasteiger partial charge in [0.25, 0.3) is 0 Å². The summed E-state index contributed by atoms with van der Waals surface area (Å²) in [5.74, 6) is 2.08. The quantitative estimate of drug-likeness (QED) is 0.135. The van der Waals surface area contributed by atoms with Crippen molar-refractivity contribution in [2.45, 2.75) is 117 Å². The molecule has 0 amide bonds. The summed E-state index contributed by atoms with van der Waals surface area (Å²) >= 11 is 0. The monoisotopic (exact) mass is 1080 g/mol. The van der Waals surface area contributed by atoms with E-state index < -0.39 is 10.8 Å². The van der Waals surface area contributed by atoms with Crippen molar-refractivity contribution in [3.05, 3.63) is 210 Å². The number of rotatable bonds is 9. The van der Waals surface area contributed by atoms with E-state index in [1.807, 2.05) is 12.3 Å². The summed E-state index contributed by atoms with van der Waals surface area (Å²) in [7, 11) is 0. The van der Waals surface area contributed by atoms with Gasteiger partial charge in [0.05, 0.1) is 0 Å². The van der Waals surface area contributed by atoms with E-state index in [2.05, 4.69) is 263 Å². The number of hydrogen-bond acceptors (Lipinski definition) is 4. The van der Waals surface area contributed by atoms with Crippen molar-refractivity contribution in [1.29, 1.82) is 0 Å². The van der Waals surface area contributed by atoms with Gasteiger partial charge in [-0.25, -0.2) is 4.98 Å². The van der Waals surface area contributed by atoms with Gasteiger partial charge in [0, 0.05) is 72.2 Å². The molecule has 6 heteroatoms. The first kappa shape index (κ1) is 48.6. The molecule has 352 valence electrons. The van der Waals surface area contributed by atoms with E-state index in [0.29, 0.717) is 11.5 Å². The SMILES string of the molecule is CC(C)(C)c1cc(Oc2[c-]c3c(cc2)c2ccccc2n3-c2cc(C(C)(C)C)ccn2)[c-]c(N2[CH-]N(c3cccc(C(C)(C)C)c3)C(C(C)(C)c3ccccc3)=C2C(C)(C)c2ccccc2)c1.[Pt]. The van der Waals surface area contributed by atoms with E-state index >= 15 is 0 Å². The van der Waals surface area contributed by atoms with Crippen molar-refractivity contribution in [2.75, 3.05) is 9.80 Å². The summed E-state index contributed by atoms with van der Waals surface area (Å²) in [6.45, 7) is 32.1. The fourth-order valence-electron chi connectivity index (χ4n) is 9.58. The Hall–Kier alpha value is -5.90. The maximum absolute atomic E-state index is 7.01. The van der Waals surface area contributed by atoms with Crippen LogP contribution in [-0.2, 0) is 48.1 Å². The van der Waals surface area contributed by atoms with E-state index in [4.69, 9.17) is 9.72 Å². The Labute approximate surface area is 420 Å².